The fourth-order valence-electron chi connectivity index (χ4n) is 2.75. The van der Waals surface area contributed by atoms with E-state index in [1.807, 2.05) is 0 Å². The van der Waals surface area contributed by atoms with Crippen LogP contribution >= 0.6 is 17.0 Å². The zero-order chi connectivity index (χ0) is 14.9. The van der Waals surface area contributed by atoms with Gasteiger partial charge in [-0.25, -0.2) is 0 Å². The Hall–Kier alpha value is -0.0969. The van der Waals surface area contributed by atoms with Gasteiger partial charge in [-0.2, -0.15) is 0 Å². The van der Waals surface area contributed by atoms with Crippen molar-refractivity contribution in [2.24, 2.45) is 0 Å². The van der Waals surface area contributed by atoms with Crippen molar-refractivity contribution in [2.45, 2.75) is 34.1 Å². The Morgan fingerprint density at radius 3 is 1.35 bits per heavy atom. The zero-order valence-electron chi connectivity index (χ0n) is 12.3. The third-order valence-electron chi connectivity index (χ3n) is 4.11. The van der Waals surface area contributed by atoms with Crippen LogP contribution in [0.15, 0.2) is 24.3 Å². The second-order valence-corrected chi connectivity index (χ2v) is 9.17. The average Bonchev–Trinajstić information content (AvgIpc) is 2.69. The summed E-state index contributed by atoms with van der Waals surface area (Å²) in [6.45, 7) is 8.81. The van der Waals surface area contributed by atoms with Gasteiger partial charge < -0.3 is 0 Å². The number of halogens is 2. The molecule has 2 aromatic rings. The Labute approximate surface area is 140 Å². The van der Waals surface area contributed by atoms with Crippen LogP contribution in [0.2, 0.25) is 0 Å². The minimum atomic E-state index is -0.826. The van der Waals surface area contributed by atoms with Crippen molar-refractivity contribution in [3.05, 3.63) is 57.6 Å². The predicted molar refractivity (Wildman–Crippen MR) is 85.3 cm³/mol. The Bertz CT molecular complexity index is 592. The van der Waals surface area contributed by atoms with Crippen LogP contribution in [-0.4, -0.2) is 0 Å². The van der Waals surface area contributed by atoms with Gasteiger partial charge in [0.25, 0.3) is 0 Å². The number of fused-ring (bicyclic) bond motifs is 3. The van der Waals surface area contributed by atoms with Crippen LogP contribution < -0.4 is 0 Å². The molecule has 2 aromatic carbocycles. The molecular weight excluding hydrogens is 366 g/mol. The van der Waals surface area contributed by atoms with E-state index in [1.54, 1.807) is 0 Å². The topological polar surface area (TPSA) is 0 Å². The Morgan fingerprint density at radius 1 is 0.700 bits per heavy atom. The second-order valence-electron chi connectivity index (χ2n) is 5.44. The SMILES string of the molecule is Cc1cc2c(cc1C)-c1cc(C)c(C)cc1C2.[Cl][Zr][Cl]. The number of aryl methyl sites for hydroxylation is 4. The zero-order valence-corrected chi connectivity index (χ0v) is 16.2. The average molecular weight is 384 g/mol. The van der Waals surface area contributed by atoms with E-state index in [2.05, 4.69) is 52.0 Å². The first kappa shape index (κ1) is 16.3. The van der Waals surface area contributed by atoms with Crippen molar-refractivity contribution in [1.29, 1.82) is 0 Å². The van der Waals surface area contributed by atoms with Gasteiger partial charge in [0.05, 0.1) is 0 Å². The van der Waals surface area contributed by atoms with E-state index in [0.29, 0.717) is 0 Å². The molecule has 0 aliphatic heterocycles. The Balaban J connectivity index is 0.000000452. The van der Waals surface area contributed by atoms with Crippen molar-refractivity contribution < 1.29 is 20.8 Å². The molecule has 3 heteroatoms. The monoisotopic (exact) mass is 382 g/mol. The molecule has 0 bridgehead atoms. The van der Waals surface area contributed by atoms with E-state index in [9.17, 15) is 0 Å². The summed E-state index contributed by atoms with van der Waals surface area (Å²) in [5, 5.41) is 0. The minimum absolute atomic E-state index is 0.826. The summed E-state index contributed by atoms with van der Waals surface area (Å²) < 4.78 is 0. The van der Waals surface area contributed by atoms with Crippen LogP contribution in [0.5, 0.6) is 0 Å². The third kappa shape index (κ3) is 3.21. The Morgan fingerprint density at radius 2 is 1.00 bits per heavy atom. The second kappa shape index (κ2) is 6.78. The maximum atomic E-state index is 4.93. The first-order valence-electron chi connectivity index (χ1n) is 6.64. The van der Waals surface area contributed by atoms with Gasteiger partial charge in [-0.3, -0.25) is 0 Å². The summed E-state index contributed by atoms with van der Waals surface area (Å²) in [5.41, 5.74) is 11.5. The molecule has 0 nitrogen and oxygen atoms in total. The van der Waals surface area contributed by atoms with E-state index in [0.717, 1.165) is 6.42 Å². The predicted octanol–water partition coefficient (Wildman–Crippen LogP) is 5.87. The molecule has 3 rings (SSSR count). The number of benzene rings is 2. The van der Waals surface area contributed by atoms with Gasteiger partial charge in [0.15, 0.2) is 0 Å². The van der Waals surface area contributed by atoms with Gasteiger partial charge in [0.2, 0.25) is 0 Å². The molecule has 0 heterocycles. The summed E-state index contributed by atoms with van der Waals surface area (Å²) in [6, 6.07) is 9.42. The van der Waals surface area contributed by atoms with Crippen LogP contribution in [0.1, 0.15) is 33.4 Å². The van der Waals surface area contributed by atoms with E-state index >= 15 is 0 Å². The number of hydrogen-bond acceptors (Lipinski definition) is 0. The van der Waals surface area contributed by atoms with Crippen LogP contribution in [0.3, 0.4) is 0 Å². The van der Waals surface area contributed by atoms with Gasteiger partial charge in [0.1, 0.15) is 0 Å². The molecule has 0 atom stereocenters. The number of rotatable bonds is 0. The van der Waals surface area contributed by atoms with Crippen molar-refractivity contribution in [2.75, 3.05) is 0 Å². The van der Waals surface area contributed by atoms with Crippen molar-refractivity contribution in [3.8, 4) is 11.1 Å². The Kier molecular flexibility index (Phi) is 5.51. The van der Waals surface area contributed by atoms with E-state index < -0.39 is 20.8 Å². The molecule has 20 heavy (non-hydrogen) atoms. The normalized spacial score (nSPS) is 11.3. The van der Waals surface area contributed by atoms with Gasteiger partial charge in [0, 0.05) is 0 Å². The molecule has 0 radical (unpaired) electrons. The summed E-state index contributed by atoms with van der Waals surface area (Å²) in [6.07, 6.45) is 1.10. The molecule has 0 saturated carbocycles. The quantitative estimate of drug-likeness (QED) is 0.455. The first-order valence-corrected chi connectivity index (χ1v) is 13.0. The molecule has 0 aromatic heterocycles. The van der Waals surface area contributed by atoms with Gasteiger partial charge in [-0.05, 0) is 78.6 Å². The van der Waals surface area contributed by atoms with Gasteiger partial charge in [-0.1, -0.05) is 24.3 Å². The van der Waals surface area contributed by atoms with Crippen LogP contribution in [0, 0.1) is 27.7 Å². The summed E-state index contributed by atoms with van der Waals surface area (Å²) >= 11 is -0.826. The molecular formula is C17H18Cl2Zr. The van der Waals surface area contributed by atoms with Crippen LogP contribution in [-0.2, 0) is 27.3 Å². The van der Waals surface area contributed by atoms with Gasteiger partial charge in [-0.15, -0.1) is 0 Å². The summed E-state index contributed by atoms with van der Waals surface area (Å²) in [5.74, 6) is 0. The van der Waals surface area contributed by atoms with Crippen LogP contribution in [0.4, 0.5) is 0 Å². The van der Waals surface area contributed by atoms with Crippen molar-refractivity contribution in [1.82, 2.24) is 0 Å². The molecule has 1 aliphatic rings. The number of hydrogen-bond donors (Lipinski definition) is 0. The summed E-state index contributed by atoms with van der Waals surface area (Å²) in [7, 11) is 9.87. The molecule has 0 N–H and O–H groups in total. The van der Waals surface area contributed by atoms with Crippen LogP contribution in [0.25, 0.3) is 11.1 Å². The fourth-order valence-corrected chi connectivity index (χ4v) is 2.75. The molecule has 0 fully saturated rings. The molecule has 0 unspecified atom stereocenters. The van der Waals surface area contributed by atoms with Crippen molar-refractivity contribution >= 4 is 17.0 Å². The maximum absolute atomic E-state index is 4.93. The first-order chi connectivity index (χ1) is 9.47. The molecule has 1 aliphatic carbocycles. The standard InChI is InChI=1S/C17H18.2ClH.Zr/c1-10-5-14-9-15-6-11(2)13(4)8-17(15)16(14)7-12(10)3;;;/h5-8H,9H2,1-4H3;2*1H;/q;;;+2/p-2. The van der Waals surface area contributed by atoms with E-state index in [1.165, 1.54) is 44.5 Å². The van der Waals surface area contributed by atoms with E-state index in [4.69, 9.17) is 17.0 Å². The van der Waals surface area contributed by atoms with Crippen molar-refractivity contribution in [3.63, 3.8) is 0 Å². The molecule has 0 amide bonds. The molecule has 0 saturated heterocycles. The third-order valence-corrected chi connectivity index (χ3v) is 4.11. The summed E-state index contributed by atoms with van der Waals surface area (Å²) in [4.78, 5) is 0. The molecule has 104 valence electrons. The van der Waals surface area contributed by atoms with Gasteiger partial charge >= 0.3 is 37.9 Å². The molecule has 0 spiro atoms. The van der Waals surface area contributed by atoms with E-state index in [-0.39, 0.29) is 0 Å². The fraction of sp³-hybridized carbons (Fsp3) is 0.294.